The highest BCUT2D eigenvalue weighted by molar-refractivity contribution is 7.99. The van der Waals surface area contributed by atoms with Gasteiger partial charge < -0.3 is 4.57 Å². The van der Waals surface area contributed by atoms with E-state index in [0.29, 0.717) is 17.2 Å². The van der Waals surface area contributed by atoms with E-state index >= 15 is 0 Å². The van der Waals surface area contributed by atoms with Crippen LogP contribution in [0.4, 0.5) is 13.2 Å². The number of fused-ring (bicyclic) bond motifs is 1. The zero-order chi connectivity index (χ0) is 18.7. The second-order valence-electron chi connectivity index (χ2n) is 5.49. The molecule has 0 fully saturated rings. The summed E-state index contributed by atoms with van der Waals surface area (Å²) < 4.78 is 40.6. The first-order valence-electron chi connectivity index (χ1n) is 7.55. The fraction of sp³-hybridized carbons (Fsp3) is 0.176. The summed E-state index contributed by atoms with van der Waals surface area (Å²) in [5, 5.41) is 9.01. The third-order valence-electron chi connectivity index (χ3n) is 3.68. The van der Waals surface area contributed by atoms with E-state index in [2.05, 4.69) is 4.98 Å². The minimum Gasteiger partial charge on any atom is -0.314 e. The summed E-state index contributed by atoms with van der Waals surface area (Å²) in [6.07, 6.45) is -4.46. The molecule has 0 radical (unpaired) electrons. The number of rotatable bonds is 5. The molecule has 0 bridgehead atoms. The monoisotopic (exact) mass is 381 g/mol. The Morgan fingerprint density at radius 2 is 1.92 bits per heavy atom. The zero-order valence-electron chi connectivity index (χ0n) is 13.3. The van der Waals surface area contributed by atoms with Crippen LogP contribution in [0, 0.1) is 0 Å². The molecule has 2 N–H and O–H groups in total. The van der Waals surface area contributed by atoms with Crippen LogP contribution in [0.25, 0.3) is 11.0 Å². The molecular weight excluding hydrogens is 367 g/mol. The Hall–Kier alpha value is -2.52. The summed E-state index contributed by atoms with van der Waals surface area (Å²) in [6.45, 7) is 0.395. The quantitative estimate of drug-likeness (QED) is 0.402. The number of aromatic nitrogens is 2. The summed E-state index contributed by atoms with van der Waals surface area (Å²) in [7, 11) is 0. The van der Waals surface area contributed by atoms with Crippen LogP contribution in [0.2, 0.25) is 0 Å². The zero-order valence-corrected chi connectivity index (χ0v) is 14.1. The molecule has 3 aromatic rings. The fourth-order valence-corrected chi connectivity index (χ4v) is 3.28. The number of hydrogen-bond donors (Lipinski definition) is 2. The maximum Gasteiger partial charge on any atom is 0.416 e. The average Bonchev–Trinajstić information content (AvgIpc) is 2.96. The predicted molar refractivity (Wildman–Crippen MR) is 90.9 cm³/mol. The van der Waals surface area contributed by atoms with Gasteiger partial charge in [-0.25, -0.2) is 10.5 Å². The lowest BCUT2D eigenvalue weighted by molar-refractivity contribution is -0.137. The van der Waals surface area contributed by atoms with E-state index < -0.39 is 17.6 Å². The van der Waals surface area contributed by atoms with Crippen LogP contribution in [0.1, 0.15) is 11.1 Å². The number of hydroxylamine groups is 1. The van der Waals surface area contributed by atoms with E-state index in [0.717, 1.165) is 29.5 Å². The molecule has 0 aliphatic rings. The van der Waals surface area contributed by atoms with Crippen LogP contribution in [0.3, 0.4) is 0 Å². The highest BCUT2D eigenvalue weighted by atomic mass is 32.2. The van der Waals surface area contributed by atoms with Crippen LogP contribution >= 0.6 is 11.8 Å². The number of imidazole rings is 1. The van der Waals surface area contributed by atoms with Gasteiger partial charge in [-0.05, 0) is 23.8 Å². The van der Waals surface area contributed by atoms with Crippen molar-refractivity contribution >= 4 is 28.7 Å². The molecule has 0 atom stereocenters. The van der Waals surface area contributed by atoms with Crippen molar-refractivity contribution in [3.63, 3.8) is 0 Å². The van der Waals surface area contributed by atoms with Crippen LogP contribution in [-0.4, -0.2) is 26.4 Å². The molecule has 26 heavy (non-hydrogen) atoms. The Labute approximate surface area is 150 Å². The first-order valence-corrected chi connectivity index (χ1v) is 8.54. The van der Waals surface area contributed by atoms with Crippen molar-refractivity contribution in [2.75, 3.05) is 5.75 Å². The highest BCUT2D eigenvalue weighted by Crippen LogP contribution is 2.33. The second kappa shape index (κ2) is 7.38. The van der Waals surface area contributed by atoms with Crippen molar-refractivity contribution in [1.29, 1.82) is 0 Å². The maximum atomic E-state index is 12.9. The van der Waals surface area contributed by atoms with Crippen LogP contribution in [0.5, 0.6) is 0 Å². The lowest BCUT2D eigenvalue weighted by Crippen LogP contribution is -2.20. The van der Waals surface area contributed by atoms with Crippen LogP contribution < -0.4 is 5.48 Å². The Bertz CT molecular complexity index is 926. The van der Waals surface area contributed by atoms with Crippen molar-refractivity contribution in [3.05, 3.63) is 59.7 Å². The van der Waals surface area contributed by atoms with E-state index in [1.807, 2.05) is 30.3 Å². The number of thioether (sulfide) groups is 1. The normalized spacial score (nSPS) is 11.7. The predicted octanol–water partition coefficient (Wildman–Crippen LogP) is 3.70. The van der Waals surface area contributed by atoms with Gasteiger partial charge in [-0.2, -0.15) is 13.2 Å². The van der Waals surface area contributed by atoms with Crippen molar-refractivity contribution < 1.29 is 23.2 Å². The lowest BCUT2D eigenvalue weighted by Gasteiger charge is -2.10. The SMILES string of the molecule is O=C(CSc1nc2cc(C(F)(F)F)ccc2n1Cc1ccccc1)NO. The molecule has 0 saturated carbocycles. The number of carbonyl (C=O) groups excluding carboxylic acids is 1. The smallest absolute Gasteiger partial charge is 0.314 e. The number of alkyl halides is 3. The number of nitrogens with one attached hydrogen (secondary N) is 1. The largest absolute Gasteiger partial charge is 0.416 e. The van der Waals surface area contributed by atoms with Gasteiger partial charge in [0.25, 0.3) is 5.91 Å². The molecule has 1 amide bonds. The van der Waals surface area contributed by atoms with Gasteiger partial charge in [-0.3, -0.25) is 10.0 Å². The molecular formula is C17H14F3N3O2S. The summed E-state index contributed by atoms with van der Waals surface area (Å²) in [4.78, 5) is 15.5. The number of carbonyl (C=O) groups is 1. The minimum atomic E-state index is -4.46. The molecule has 3 rings (SSSR count). The topological polar surface area (TPSA) is 67.2 Å². The van der Waals surface area contributed by atoms with Gasteiger partial charge in [0, 0.05) is 0 Å². The number of hydrogen-bond acceptors (Lipinski definition) is 4. The van der Waals surface area contributed by atoms with Crippen molar-refractivity contribution in [2.24, 2.45) is 0 Å². The number of halogens is 3. The molecule has 0 aliphatic carbocycles. The standard InChI is InChI=1S/C17H14F3N3O2S/c18-17(19,20)12-6-7-14-13(8-12)21-16(26-10-15(24)22-25)23(14)9-11-4-2-1-3-5-11/h1-8,25H,9-10H2,(H,22,24). The number of amides is 1. The Morgan fingerprint density at radius 3 is 2.58 bits per heavy atom. The molecule has 0 saturated heterocycles. The first kappa shape index (κ1) is 18.3. The van der Waals surface area contributed by atoms with E-state index in [9.17, 15) is 18.0 Å². The summed E-state index contributed by atoms with van der Waals surface area (Å²) in [6, 6.07) is 12.8. The Balaban J connectivity index is 2.03. The minimum absolute atomic E-state index is 0.110. The molecule has 0 unspecified atom stereocenters. The van der Waals surface area contributed by atoms with Gasteiger partial charge in [0.15, 0.2) is 5.16 Å². The van der Waals surface area contributed by atoms with E-state index in [-0.39, 0.29) is 11.3 Å². The fourth-order valence-electron chi connectivity index (χ4n) is 2.48. The molecule has 1 heterocycles. The summed E-state index contributed by atoms with van der Waals surface area (Å²) in [5.41, 5.74) is 2.42. The van der Waals surface area contributed by atoms with Gasteiger partial charge in [-0.1, -0.05) is 42.1 Å². The van der Waals surface area contributed by atoms with E-state index in [1.54, 1.807) is 4.57 Å². The highest BCUT2D eigenvalue weighted by Gasteiger charge is 2.31. The van der Waals surface area contributed by atoms with Crippen molar-refractivity contribution in [1.82, 2.24) is 15.0 Å². The molecule has 0 aliphatic heterocycles. The van der Waals surface area contributed by atoms with Gasteiger partial charge in [0.05, 0.1) is 28.9 Å². The third-order valence-corrected chi connectivity index (χ3v) is 4.66. The Kier molecular flexibility index (Phi) is 5.19. The molecule has 5 nitrogen and oxygen atoms in total. The summed E-state index contributed by atoms with van der Waals surface area (Å²) >= 11 is 1.04. The van der Waals surface area contributed by atoms with Gasteiger partial charge in [0.2, 0.25) is 0 Å². The Morgan fingerprint density at radius 1 is 1.19 bits per heavy atom. The third kappa shape index (κ3) is 4.00. The number of benzene rings is 2. The second-order valence-corrected chi connectivity index (χ2v) is 6.43. The molecule has 2 aromatic carbocycles. The van der Waals surface area contributed by atoms with Gasteiger partial charge in [-0.15, -0.1) is 0 Å². The van der Waals surface area contributed by atoms with E-state index in [1.165, 1.54) is 11.5 Å². The molecule has 9 heteroatoms. The number of nitrogens with zero attached hydrogens (tertiary/aromatic N) is 2. The van der Waals surface area contributed by atoms with Crippen molar-refractivity contribution in [3.8, 4) is 0 Å². The summed E-state index contributed by atoms with van der Waals surface area (Å²) in [5.74, 6) is -0.731. The molecule has 1 aromatic heterocycles. The first-order chi connectivity index (χ1) is 12.4. The van der Waals surface area contributed by atoms with Crippen LogP contribution in [-0.2, 0) is 17.5 Å². The van der Waals surface area contributed by atoms with Gasteiger partial charge in [0.1, 0.15) is 0 Å². The average molecular weight is 381 g/mol. The van der Waals surface area contributed by atoms with Gasteiger partial charge >= 0.3 is 6.18 Å². The van der Waals surface area contributed by atoms with E-state index in [4.69, 9.17) is 5.21 Å². The van der Waals surface area contributed by atoms with Crippen LogP contribution in [0.15, 0.2) is 53.7 Å². The molecule has 0 spiro atoms. The lowest BCUT2D eigenvalue weighted by atomic mass is 10.2. The maximum absolute atomic E-state index is 12.9. The van der Waals surface area contributed by atoms with Crippen molar-refractivity contribution in [2.45, 2.75) is 17.9 Å². The molecule has 136 valence electrons.